The molecule has 0 bridgehead atoms. The van der Waals surface area contributed by atoms with Crippen LogP contribution in [0, 0.1) is 6.92 Å². The van der Waals surface area contributed by atoms with Crippen molar-refractivity contribution < 1.29 is 14.4 Å². The van der Waals surface area contributed by atoms with E-state index in [0.717, 1.165) is 58.1 Å². The summed E-state index contributed by atoms with van der Waals surface area (Å²) in [5.41, 5.74) is 4.37. The standard InChI is InChI=1S/C20H23N3O3S/c1-4-23(5-2)25-26-27-16-9-7-15(8-10-16)18-13-19(22-21-18)17-12-14(3)6-11-20(17)24/h6-13,24H,4-5H2,1-3H3,(H,21,22). The zero-order chi connectivity index (χ0) is 19.2. The van der Waals surface area contributed by atoms with Crippen molar-refractivity contribution >= 4 is 12.0 Å². The highest BCUT2D eigenvalue weighted by Crippen LogP contribution is 2.31. The fraction of sp³-hybridized carbons (Fsp3) is 0.250. The maximum absolute atomic E-state index is 10.1. The van der Waals surface area contributed by atoms with Crippen molar-refractivity contribution in [3.05, 3.63) is 54.1 Å². The van der Waals surface area contributed by atoms with Gasteiger partial charge in [0.2, 0.25) is 0 Å². The summed E-state index contributed by atoms with van der Waals surface area (Å²) in [6.45, 7) is 7.51. The van der Waals surface area contributed by atoms with Crippen LogP contribution in [0.5, 0.6) is 5.75 Å². The van der Waals surface area contributed by atoms with Gasteiger partial charge in [-0.05, 0) is 51.1 Å². The zero-order valence-corrected chi connectivity index (χ0v) is 16.4. The number of H-pyrrole nitrogens is 1. The molecule has 2 aromatic carbocycles. The summed E-state index contributed by atoms with van der Waals surface area (Å²) in [7, 11) is 0. The zero-order valence-electron chi connectivity index (χ0n) is 15.6. The average molecular weight is 385 g/mol. The van der Waals surface area contributed by atoms with E-state index < -0.39 is 0 Å². The summed E-state index contributed by atoms with van der Waals surface area (Å²) < 4.78 is 5.19. The summed E-state index contributed by atoms with van der Waals surface area (Å²) in [5, 5.41) is 19.2. The highest BCUT2D eigenvalue weighted by Gasteiger charge is 2.10. The third-order valence-electron chi connectivity index (χ3n) is 4.14. The predicted octanol–water partition coefficient (Wildman–Crippen LogP) is 4.97. The van der Waals surface area contributed by atoms with Crippen LogP contribution in [0.2, 0.25) is 0 Å². The third-order valence-corrected chi connectivity index (χ3v) is 4.74. The lowest BCUT2D eigenvalue weighted by Gasteiger charge is -2.14. The second kappa shape index (κ2) is 9.05. The van der Waals surface area contributed by atoms with Gasteiger partial charge in [0, 0.05) is 29.1 Å². The maximum Gasteiger partial charge on any atom is 0.124 e. The maximum atomic E-state index is 10.1. The number of aromatic nitrogens is 2. The molecule has 0 atom stereocenters. The lowest BCUT2D eigenvalue weighted by atomic mass is 10.1. The molecule has 7 heteroatoms. The monoisotopic (exact) mass is 385 g/mol. The number of rotatable bonds is 8. The van der Waals surface area contributed by atoms with E-state index in [2.05, 4.69) is 10.2 Å². The van der Waals surface area contributed by atoms with Crippen LogP contribution in [0.25, 0.3) is 22.5 Å². The molecule has 0 amide bonds. The fourth-order valence-corrected chi connectivity index (χ4v) is 3.02. The predicted molar refractivity (Wildman–Crippen MR) is 107 cm³/mol. The van der Waals surface area contributed by atoms with Crippen LogP contribution in [0.15, 0.2) is 53.4 Å². The van der Waals surface area contributed by atoms with E-state index in [9.17, 15) is 5.11 Å². The Morgan fingerprint density at radius 3 is 2.52 bits per heavy atom. The van der Waals surface area contributed by atoms with Crippen LogP contribution < -0.4 is 0 Å². The molecule has 1 aromatic heterocycles. The number of phenols is 1. The lowest BCUT2D eigenvalue weighted by molar-refractivity contribution is -0.357. The summed E-state index contributed by atoms with van der Waals surface area (Å²) >= 11 is 1.16. The topological polar surface area (TPSA) is 70.6 Å². The summed E-state index contributed by atoms with van der Waals surface area (Å²) in [6.07, 6.45) is 0. The van der Waals surface area contributed by atoms with Crippen molar-refractivity contribution in [2.45, 2.75) is 25.7 Å². The Morgan fingerprint density at radius 2 is 1.81 bits per heavy atom. The first-order valence-electron chi connectivity index (χ1n) is 8.82. The molecular weight excluding hydrogens is 362 g/mol. The number of benzene rings is 2. The van der Waals surface area contributed by atoms with Crippen molar-refractivity contribution in [1.82, 2.24) is 15.3 Å². The Bertz CT molecular complexity index is 876. The molecule has 0 spiro atoms. The smallest absolute Gasteiger partial charge is 0.124 e. The number of nitrogens with one attached hydrogen (secondary N) is 1. The Labute approximate surface area is 163 Å². The molecule has 0 fully saturated rings. The molecule has 0 saturated heterocycles. The Hall–Kier alpha value is -2.32. The van der Waals surface area contributed by atoms with E-state index in [4.69, 9.17) is 9.32 Å². The van der Waals surface area contributed by atoms with Crippen LogP contribution in [-0.2, 0) is 9.32 Å². The molecule has 3 aromatic rings. The number of hydrogen-bond donors (Lipinski definition) is 2. The van der Waals surface area contributed by atoms with Gasteiger partial charge in [-0.15, -0.1) is 9.32 Å². The molecule has 6 nitrogen and oxygen atoms in total. The van der Waals surface area contributed by atoms with E-state index in [0.29, 0.717) is 0 Å². The average Bonchev–Trinajstić information content (AvgIpc) is 3.17. The van der Waals surface area contributed by atoms with Crippen LogP contribution in [0.3, 0.4) is 0 Å². The number of aromatic hydroxyl groups is 1. The van der Waals surface area contributed by atoms with Gasteiger partial charge in [-0.25, -0.2) is 0 Å². The number of nitrogens with zero attached hydrogens (tertiary/aromatic N) is 2. The van der Waals surface area contributed by atoms with Gasteiger partial charge in [-0.3, -0.25) is 5.10 Å². The van der Waals surface area contributed by atoms with E-state index in [1.165, 1.54) is 0 Å². The number of aryl methyl sites for hydroxylation is 1. The van der Waals surface area contributed by atoms with E-state index in [1.807, 2.05) is 63.2 Å². The fourth-order valence-electron chi connectivity index (χ4n) is 2.58. The Kier molecular flexibility index (Phi) is 6.52. The molecule has 2 N–H and O–H groups in total. The molecule has 0 aliphatic rings. The Morgan fingerprint density at radius 1 is 1.07 bits per heavy atom. The first-order valence-corrected chi connectivity index (χ1v) is 9.57. The van der Waals surface area contributed by atoms with Crippen molar-refractivity contribution in [3.63, 3.8) is 0 Å². The van der Waals surface area contributed by atoms with Gasteiger partial charge in [0.05, 0.1) is 23.4 Å². The second-order valence-electron chi connectivity index (χ2n) is 6.05. The molecule has 0 saturated carbocycles. The molecule has 0 aliphatic carbocycles. The van der Waals surface area contributed by atoms with Crippen LogP contribution >= 0.6 is 12.0 Å². The largest absolute Gasteiger partial charge is 0.507 e. The van der Waals surface area contributed by atoms with Crippen molar-refractivity contribution in [2.24, 2.45) is 0 Å². The SMILES string of the molecule is CCN(CC)OOSc1ccc(-c2cc(-c3cc(C)ccc3O)[nH]n2)cc1. The lowest BCUT2D eigenvalue weighted by Crippen LogP contribution is -2.22. The van der Waals surface area contributed by atoms with E-state index in [-0.39, 0.29) is 5.75 Å². The molecular formula is C20H23N3O3S. The van der Waals surface area contributed by atoms with Gasteiger partial charge < -0.3 is 5.11 Å². The van der Waals surface area contributed by atoms with E-state index in [1.54, 1.807) is 11.1 Å². The molecule has 1 heterocycles. The van der Waals surface area contributed by atoms with Crippen molar-refractivity contribution in [1.29, 1.82) is 0 Å². The second-order valence-corrected chi connectivity index (χ2v) is 6.83. The highest BCUT2D eigenvalue weighted by molar-refractivity contribution is 7.94. The summed E-state index contributed by atoms with van der Waals surface area (Å²) in [6, 6.07) is 15.3. The molecule has 0 aliphatic heterocycles. The molecule has 3 rings (SSSR count). The summed E-state index contributed by atoms with van der Waals surface area (Å²) in [4.78, 5) is 6.12. The first-order chi connectivity index (χ1) is 13.1. The minimum atomic E-state index is 0.230. The van der Waals surface area contributed by atoms with Crippen LogP contribution in [-0.4, -0.2) is 33.5 Å². The molecule has 27 heavy (non-hydrogen) atoms. The quantitative estimate of drug-likeness (QED) is 0.324. The van der Waals surface area contributed by atoms with E-state index >= 15 is 0 Å². The first kappa shape index (κ1) is 19.4. The number of hydrogen-bond acceptors (Lipinski definition) is 6. The van der Waals surface area contributed by atoms with Gasteiger partial charge in [-0.1, -0.05) is 23.8 Å². The van der Waals surface area contributed by atoms with Gasteiger partial charge in [-0.2, -0.15) is 10.2 Å². The Balaban J connectivity index is 1.67. The van der Waals surface area contributed by atoms with Crippen LogP contribution in [0.1, 0.15) is 19.4 Å². The van der Waals surface area contributed by atoms with Crippen molar-refractivity contribution in [2.75, 3.05) is 13.1 Å². The van der Waals surface area contributed by atoms with Gasteiger partial charge in [0.15, 0.2) is 0 Å². The number of aromatic amines is 1. The summed E-state index contributed by atoms with van der Waals surface area (Å²) in [5.74, 6) is 0.230. The third kappa shape index (κ3) is 4.90. The number of hydroxylamine groups is 2. The highest BCUT2D eigenvalue weighted by atomic mass is 32.2. The number of phenolic OH excluding ortho intramolecular Hbond substituents is 1. The van der Waals surface area contributed by atoms with Gasteiger partial charge >= 0.3 is 0 Å². The van der Waals surface area contributed by atoms with Gasteiger partial charge in [0.25, 0.3) is 0 Å². The van der Waals surface area contributed by atoms with Crippen molar-refractivity contribution in [3.8, 4) is 28.3 Å². The minimum Gasteiger partial charge on any atom is -0.507 e. The van der Waals surface area contributed by atoms with Crippen LogP contribution in [0.4, 0.5) is 0 Å². The molecule has 142 valence electrons. The molecule has 0 unspecified atom stereocenters. The van der Waals surface area contributed by atoms with Gasteiger partial charge in [0.1, 0.15) is 5.75 Å². The normalized spacial score (nSPS) is 11.3. The minimum absolute atomic E-state index is 0.230. The molecule has 0 radical (unpaired) electrons.